The number of halogens is 1. The molecule has 0 aliphatic heterocycles. The molecule has 4 nitrogen and oxygen atoms in total. The standard InChI is InChI=1S/C17H15ClN2O2S2/c1-3-12-8-13-15(24-12)19-17(23-2)20(16(13)22)9-14(21)10-4-6-11(18)7-5-10/h4-8H,3,9H2,1-2H3. The summed E-state index contributed by atoms with van der Waals surface area (Å²) in [7, 11) is 0. The second-order valence-corrected chi connectivity index (χ2v) is 7.53. The van der Waals surface area contributed by atoms with Crippen LogP contribution in [0, 0.1) is 0 Å². The number of aryl methyl sites for hydroxylation is 1. The molecule has 0 atom stereocenters. The van der Waals surface area contributed by atoms with Crippen LogP contribution in [0.4, 0.5) is 0 Å². The molecule has 0 spiro atoms. The van der Waals surface area contributed by atoms with Crippen LogP contribution in [-0.2, 0) is 13.0 Å². The Morgan fingerprint density at radius 1 is 1.33 bits per heavy atom. The summed E-state index contributed by atoms with van der Waals surface area (Å²) < 4.78 is 1.45. The van der Waals surface area contributed by atoms with Crippen molar-refractivity contribution < 1.29 is 4.79 Å². The Bertz CT molecular complexity index is 961. The molecule has 0 N–H and O–H groups in total. The first-order valence-corrected chi connectivity index (χ1v) is 9.81. The number of aromatic nitrogens is 2. The third-order valence-electron chi connectivity index (χ3n) is 3.67. The normalized spacial score (nSPS) is 11.1. The molecule has 0 saturated heterocycles. The summed E-state index contributed by atoms with van der Waals surface area (Å²) >= 11 is 8.75. The van der Waals surface area contributed by atoms with Gasteiger partial charge in [0.25, 0.3) is 5.56 Å². The number of fused-ring (bicyclic) bond motifs is 1. The number of thiophene rings is 1. The molecule has 0 unspecified atom stereocenters. The van der Waals surface area contributed by atoms with E-state index in [1.165, 1.54) is 27.7 Å². The predicted molar refractivity (Wildman–Crippen MR) is 101 cm³/mol. The Kier molecular flexibility index (Phi) is 5.08. The van der Waals surface area contributed by atoms with Crippen molar-refractivity contribution in [3.63, 3.8) is 0 Å². The molecule has 0 amide bonds. The van der Waals surface area contributed by atoms with Crippen molar-refractivity contribution in [1.29, 1.82) is 0 Å². The van der Waals surface area contributed by atoms with Gasteiger partial charge in [-0.1, -0.05) is 30.3 Å². The maximum Gasteiger partial charge on any atom is 0.263 e. The highest BCUT2D eigenvalue weighted by atomic mass is 35.5. The van der Waals surface area contributed by atoms with E-state index in [9.17, 15) is 9.59 Å². The lowest BCUT2D eigenvalue weighted by atomic mass is 10.1. The topological polar surface area (TPSA) is 52.0 Å². The molecular weight excluding hydrogens is 364 g/mol. The molecule has 7 heteroatoms. The van der Waals surface area contributed by atoms with Crippen LogP contribution in [0.5, 0.6) is 0 Å². The number of benzene rings is 1. The molecule has 2 heterocycles. The maximum atomic E-state index is 12.8. The second-order valence-electron chi connectivity index (χ2n) is 5.20. The molecule has 124 valence electrons. The Labute approximate surface area is 152 Å². The number of ketones is 1. The van der Waals surface area contributed by atoms with Crippen molar-refractivity contribution in [2.45, 2.75) is 25.0 Å². The fourth-order valence-corrected chi connectivity index (χ4v) is 4.08. The zero-order valence-corrected chi connectivity index (χ0v) is 15.6. The van der Waals surface area contributed by atoms with Crippen molar-refractivity contribution in [3.8, 4) is 0 Å². The lowest BCUT2D eigenvalue weighted by molar-refractivity contribution is 0.0967. The van der Waals surface area contributed by atoms with Crippen LogP contribution in [0.25, 0.3) is 10.2 Å². The fourth-order valence-electron chi connectivity index (χ4n) is 2.39. The molecule has 3 aromatic rings. The van der Waals surface area contributed by atoms with Gasteiger partial charge in [-0.15, -0.1) is 11.3 Å². The van der Waals surface area contributed by atoms with E-state index in [4.69, 9.17) is 11.6 Å². The van der Waals surface area contributed by atoms with Gasteiger partial charge in [-0.05, 0) is 43.0 Å². The number of carbonyl (C=O) groups is 1. The van der Waals surface area contributed by atoms with Gasteiger partial charge in [0.15, 0.2) is 10.9 Å². The van der Waals surface area contributed by atoms with Crippen molar-refractivity contribution in [2.75, 3.05) is 6.26 Å². The quantitative estimate of drug-likeness (QED) is 0.378. The Morgan fingerprint density at radius 2 is 2.04 bits per heavy atom. The summed E-state index contributed by atoms with van der Waals surface area (Å²) in [5.41, 5.74) is 0.362. The highest BCUT2D eigenvalue weighted by Gasteiger charge is 2.16. The summed E-state index contributed by atoms with van der Waals surface area (Å²) in [5.74, 6) is -0.142. The number of nitrogens with zero attached hydrogens (tertiary/aromatic N) is 2. The zero-order chi connectivity index (χ0) is 17.3. The third kappa shape index (κ3) is 3.27. The van der Waals surface area contributed by atoms with Crippen molar-refractivity contribution in [2.24, 2.45) is 0 Å². The van der Waals surface area contributed by atoms with Crippen molar-refractivity contribution in [1.82, 2.24) is 9.55 Å². The van der Waals surface area contributed by atoms with Gasteiger partial charge in [0, 0.05) is 15.5 Å². The van der Waals surface area contributed by atoms with Crippen LogP contribution < -0.4 is 5.56 Å². The molecule has 0 aliphatic carbocycles. The average Bonchev–Trinajstić information content (AvgIpc) is 3.01. The Balaban J connectivity index is 2.04. The largest absolute Gasteiger partial charge is 0.292 e. The summed E-state index contributed by atoms with van der Waals surface area (Å²) in [6.45, 7) is 2.01. The van der Waals surface area contributed by atoms with Crippen LogP contribution >= 0.6 is 34.7 Å². The van der Waals surface area contributed by atoms with Crippen molar-refractivity contribution >= 4 is 50.7 Å². The zero-order valence-electron chi connectivity index (χ0n) is 13.2. The number of carbonyl (C=O) groups excluding carboxylic acids is 1. The lowest BCUT2D eigenvalue weighted by Gasteiger charge is -2.10. The minimum Gasteiger partial charge on any atom is -0.292 e. The first-order chi connectivity index (χ1) is 11.5. The third-order valence-corrected chi connectivity index (χ3v) is 5.77. The fraction of sp³-hybridized carbons (Fsp3) is 0.235. The van der Waals surface area contributed by atoms with Gasteiger partial charge in [-0.2, -0.15) is 0 Å². The Morgan fingerprint density at radius 3 is 2.67 bits per heavy atom. The minimum atomic E-state index is -0.164. The first-order valence-electron chi connectivity index (χ1n) is 7.39. The molecule has 0 bridgehead atoms. The summed E-state index contributed by atoms with van der Waals surface area (Å²) in [4.78, 5) is 31.7. The number of Topliss-reactive ketones (excluding diaryl/α,β-unsaturated/α-hetero) is 1. The number of hydrogen-bond acceptors (Lipinski definition) is 5. The van der Waals surface area contributed by atoms with Crippen molar-refractivity contribution in [3.05, 3.63) is 56.1 Å². The smallest absolute Gasteiger partial charge is 0.263 e. The molecule has 0 fully saturated rings. The highest BCUT2D eigenvalue weighted by molar-refractivity contribution is 7.98. The average molecular weight is 379 g/mol. The summed E-state index contributed by atoms with van der Waals surface area (Å²) in [5, 5.41) is 1.71. The van der Waals surface area contributed by atoms with Gasteiger partial charge < -0.3 is 0 Å². The van der Waals surface area contributed by atoms with E-state index in [1.807, 2.05) is 19.2 Å². The van der Waals surface area contributed by atoms with E-state index in [0.29, 0.717) is 21.1 Å². The number of hydrogen-bond donors (Lipinski definition) is 0. The highest BCUT2D eigenvalue weighted by Crippen LogP contribution is 2.24. The van der Waals surface area contributed by atoms with E-state index in [-0.39, 0.29) is 17.9 Å². The van der Waals surface area contributed by atoms with E-state index < -0.39 is 0 Å². The molecule has 0 radical (unpaired) electrons. The van der Waals surface area contributed by atoms with Crippen LogP contribution in [0.15, 0.2) is 40.3 Å². The minimum absolute atomic E-state index is 0.0309. The Hall–Kier alpha value is -1.63. The van der Waals surface area contributed by atoms with Crippen LogP contribution in [-0.4, -0.2) is 21.6 Å². The van der Waals surface area contributed by atoms with E-state index in [1.54, 1.807) is 24.3 Å². The van der Waals surface area contributed by atoms with Gasteiger partial charge in [-0.25, -0.2) is 4.98 Å². The summed E-state index contributed by atoms with van der Waals surface area (Å²) in [6, 6.07) is 8.55. The van der Waals surface area contributed by atoms with Crippen LogP contribution in [0.3, 0.4) is 0 Å². The van der Waals surface area contributed by atoms with E-state index >= 15 is 0 Å². The molecular formula is C17H15ClN2O2S2. The predicted octanol–water partition coefficient (Wildman–Crippen LogP) is 4.28. The molecule has 0 saturated carbocycles. The van der Waals surface area contributed by atoms with Gasteiger partial charge in [-0.3, -0.25) is 14.2 Å². The molecule has 1 aromatic carbocycles. The maximum absolute atomic E-state index is 12.8. The van der Waals surface area contributed by atoms with E-state index in [2.05, 4.69) is 4.98 Å². The monoisotopic (exact) mass is 378 g/mol. The van der Waals surface area contributed by atoms with Crippen LogP contribution in [0.1, 0.15) is 22.2 Å². The number of rotatable bonds is 5. The lowest BCUT2D eigenvalue weighted by Crippen LogP contribution is -2.26. The molecule has 2 aromatic heterocycles. The number of thioether (sulfide) groups is 1. The first kappa shape index (κ1) is 17.2. The van der Waals surface area contributed by atoms with Gasteiger partial charge in [0.05, 0.1) is 11.9 Å². The second kappa shape index (κ2) is 7.09. The molecule has 3 rings (SSSR count). The van der Waals surface area contributed by atoms with Gasteiger partial charge in [0.2, 0.25) is 0 Å². The van der Waals surface area contributed by atoms with E-state index in [0.717, 1.165) is 16.1 Å². The molecule has 0 aliphatic rings. The summed E-state index contributed by atoms with van der Waals surface area (Å²) in [6.07, 6.45) is 2.71. The van der Waals surface area contributed by atoms with Crippen LogP contribution in [0.2, 0.25) is 5.02 Å². The SMILES string of the molecule is CCc1cc2c(=O)n(CC(=O)c3ccc(Cl)cc3)c(SC)nc2s1. The van der Waals surface area contributed by atoms with Gasteiger partial charge in [0.1, 0.15) is 4.83 Å². The van der Waals surface area contributed by atoms with Gasteiger partial charge >= 0.3 is 0 Å². The molecule has 24 heavy (non-hydrogen) atoms.